The summed E-state index contributed by atoms with van der Waals surface area (Å²) in [5.41, 5.74) is -0.800. The van der Waals surface area contributed by atoms with Crippen LogP contribution in [0.3, 0.4) is 0 Å². The lowest BCUT2D eigenvalue weighted by Crippen LogP contribution is -2.20. The van der Waals surface area contributed by atoms with Crippen molar-refractivity contribution in [3.8, 4) is 11.5 Å². The number of halogens is 3. The van der Waals surface area contributed by atoms with Crippen LogP contribution in [0, 0.1) is 0 Å². The van der Waals surface area contributed by atoms with E-state index in [2.05, 4.69) is 0 Å². The number of benzene rings is 1. The molecule has 0 unspecified atom stereocenters. The summed E-state index contributed by atoms with van der Waals surface area (Å²) in [7, 11) is 0. The molecule has 18 heavy (non-hydrogen) atoms. The fourth-order valence-corrected chi connectivity index (χ4v) is 2.15. The van der Waals surface area contributed by atoms with Crippen molar-refractivity contribution in [1.29, 1.82) is 0 Å². The molecule has 0 heterocycles. The molecule has 100 valence electrons. The van der Waals surface area contributed by atoms with Gasteiger partial charge in [0.05, 0.1) is 11.7 Å². The van der Waals surface area contributed by atoms with Crippen molar-refractivity contribution in [2.75, 3.05) is 0 Å². The average Bonchev–Trinajstić information content (AvgIpc) is 2.32. The van der Waals surface area contributed by atoms with Gasteiger partial charge in [0, 0.05) is 0 Å². The zero-order valence-corrected chi connectivity index (χ0v) is 9.83. The minimum atomic E-state index is -4.42. The van der Waals surface area contributed by atoms with Gasteiger partial charge in [0.1, 0.15) is 0 Å². The average molecular weight is 260 g/mol. The predicted molar refractivity (Wildman–Crippen MR) is 60.6 cm³/mol. The molecule has 0 aliphatic heterocycles. The third-order valence-corrected chi connectivity index (χ3v) is 3.13. The van der Waals surface area contributed by atoms with Gasteiger partial charge in [0.15, 0.2) is 11.5 Å². The smallest absolute Gasteiger partial charge is 0.416 e. The Kier molecular flexibility index (Phi) is 3.68. The van der Waals surface area contributed by atoms with Gasteiger partial charge in [-0.1, -0.05) is 6.42 Å². The summed E-state index contributed by atoms with van der Waals surface area (Å²) in [4.78, 5) is 0. The molecule has 0 radical (unpaired) electrons. The molecule has 2 rings (SSSR count). The van der Waals surface area contributed by atoms with Gasteiger partial charge in [-0.25, -0.2) is 0 Å². The van der Waals surface area contributed by atoms with Gasteiger partial charge in [-0.15, -0.1) is 0 Å². The first-order valence-corrected chi connectivity index (χ1v) is 6.03. The van der Waals surface area contributed by atoms with Crippen molar-refractivity contribution in [2.24, 2.45) is 0 Å². The van der Waals surface area contributed by atoms with Gasteiger partial charge in [-0.3, -0.25) is 0 Å². The summed E-state index contributed by atoms with van der Waals surface area (Å²) in [6.07, 6.45) is 0.320. The topological polar surface area (TPSA) is 29.5 Å². The van der Waals surface area contributed by atoms with Gasteiger partial charge >= 0.3 is 6.18 Å². The summed E-state index contributed by atoms with van der Waals surface area (Å²) in [6, 6.07) is 2.74. The maximum Gasteiger partial charge on any atom is 0.416 e. The molecule has 2 nitrogen and oxygen atoms in total. The van der Waals surface area contributed by atoms with Crippen molar-refractivity contribution in [3.63, 3.8) is 0 Å². The second-order valence-corrected chi connectivity index (χ2v) is 4.56. The molecule has 1 aromatic carbocycles. The minimum absolute atomic E-state index is 0.0725. The highest BCUT2D eigenvalue weighted by Crippen LogP contribution is 2.37. The second kappa shape index (κ2) is 5.08. The summed E-state index contributed by atoms with van der Waals surface area (Å²) < 4.78 is 43.1. The van der Waals surface area contributed by atoms with Crippen LogP contribution in [0.5, 0.6) is 11.5 Å². The number of alkyl halides is 3. The van der Waals surface area contributed by atoms with Crippen molar-refractivity contribution in [2.45, 2.75) is 44.4 Å². The highest BCUT2D eigenvalue weighted by Gasteiger charge is 2.31. The van der Waals surface area contributed by atoms with E-state index in [1.807, 2.05) is 0 Å². The third kappa shape index (κ3) is 3.09. The molecule has 1 aromatic rings. The van der Waals surface area contributed by atoms with Gasteiger partial charge < -0.3 is 9.84 Å². The molecule has 0 atom stereocenters. The van der Waals surface area contributed by atoms with E-state index in [9.17, 15) is 18.3 Å². The van der Waals surface area contributed by atoms with Crippen molar-refractivity contribution < 1.29 is 23.0 Å². The first-order valence-electron chi connectivity index (χ1n) is 6.03. The molecular weight excluding hydrogens is 245 g/mol. The Morgan fingerprint density at radius 1 is 1.11 bits per heavy atom. The van der Waals surface area contributed by atoms with Gasteiger partial charge in [0.25, 0.3) is 0 Å². The molecule has 0 spiro atoms. The summed E-state index contributed by atoms with van der Waals surface area (Å²) in [5.74, 6) is -0.315. The molecule has 0 bridgehead atoms. The number of ether oxygens (including phenoxy) is 1. The van der Waals surface area contributed by atoms with Crippen molar-refractivity contribution in [3.05, 3.63) is 23.8 Å². The summed E-state index contributed by atoms with van der Waals surface area (Å²) in [6.45, 7) is 0. The molecule has 1 saturated carbocycles. The van der Waals surface area contributed by atoms with Crippen LogP contribution in [-0.2, 0) is 6.18 Å². The number of rotatable bonds is 2. The van der Waals surface area contributed by atoms with Crippen LogP contribution in [0.4, 0.5) is 13.2 Å². The summed E-state index contributed by atoms with van der Waals surface area (Å²) >= 11 is 0. The fourth-order valence-electron chi connectivity index (χ4n) is 2.15. The molecule has 1 aliphatic carbocycles. The van der Waals surface area contributed by atoms with Gasteiger partial charge in [-0.2, -0.15) is 13.2 Å². The Hall–Kier alpha value is -1.39. The van der Waals surface area contributed by atoms with E-state index in [0.717, 1.165) is 50.3 Å². The molecule has 1 fully saturated rings. The molecular formula is C13H15F3O2. The molecule has 0 amide bonds. The normalized spacial score (nSPS) is 17.7. The van der Waals surface area contributed by atoms with Crippen LogP contribution in [-0.4, -0.2) is 11.2 Å². The van der Waals surface area contributed by atoms with Crippen LogP contribution >= 0.6 is 0 Å². The van der Waals surface area contributed by atoms with E-state index in [1.165, 1.54) is 0 Å². The van der Waals surface area contributed by atoms with E-state index in [1.54, 1.807) is 0 Å². The van der Waals surface area contributed by atoms with Crippen LogP contribution in [0.15, 0.2) is 18.2 Å². The Morgan fingerprint density at radius 2 is 1.78 bits per heavy atom. The summed E-state index contributed by atoms with van der Waals surface area (Å²) in [5, 5.41) is 9.54. The second-order valence-electron chi connectivity index (χ2n) is 4.56. The number of hydrogen-bond acceptors (Lipinski definition) is 2. The lowest BCUT2D eigenvalue weighted by atomic mass is 9.98. The van der Waals surface area contributed by atoms with E-state index in [-0.39, 0.29) is 17.6 Å². The quantitative estimate of drug-likeness (QED) is 0.866. The van der Waals surface area contributed by atoms with Crippen molar-refractivity contribution in [1.82, 2.24) is 0 Å². The maximum absolute atomic E-state index is 12.5. The van der Waals surface area contributed by atoms with Crippen LogP contribution in [0.1, 0.15) is 37.7 Å². The predicted octanol–water partition coefficient (Wildman–Crippen LogP) is 4.12. The first kappa shape index (κ1) is 13.1. The molecule has 1 aliphatic rings. The molecule has 0 saturated heterocycles. The highest BCUT2D eigenvalue weighted by atomic mass is 19.4. The Bertz CT molecular complexity index is 409. The zero-order valence-electron chi connectivity index (χ0n) is 9.83. The molecule has 5 heteroatoms. The Labute approximate surface area is 103 Å². The molecule has 0 aromatic heterocycles. The van der Waals surface area contributed by atoms with Gasteiger partial charge in [-0.05, 0) is 43.9 Å². The van der Waals surface area contributed by atoms with Gasteiger partial charge in [0.2, 0.25) is 0 Å². The third-order valence-electron chi connectivity index (χ3n) is 3.13. The van der Waals surface area contributed by atoms with Crippen LogP contribution < -0.4 is 4.74 Å². The Morgan fingerprint density at radius 3 is 2.39 bits per heavy atom. The first-order chi connectivity index (χ1) is 8.47. The SMILES string of the molecule is Oc1ccc(C(F)(F)F)cc1OC1CCCCC1. The number of hydrogen-bond donors (Lipinski definition) is 1. The van der Waals surface area contributed by atoms with E-state index >= 15 is 0 Å². The fraction of sp³-hybridized carbons (Fsp3) is 0.538. The number of aromatic hydroxyl groups is 1. The largest absolute Gasteiger partial charge is 0.504 e. The number of phenols is 1. The van der Waals surface area contributed by atoms with Crippen LogP contribution in [0.25, 0.3) is 0 Å². The van der Waals surface area contributed by atoms with E-state index in [4.69, 9.17) is 4.74 Å². The maximum atomic E-state index is 12.5. The van der Waals surface area contributed by atoms with E-state index < -0.39 is 11.7 Å². The lowest BCUT2D eigenvalue weighted by Gasteiger charge is -2.23. The van der Waals surface area contributed by atoms with Crippen LogP contribution in [0.2, 0.25) is 0 Å². The highest BCUT2D eigenvalue weighted by molar-refractivity contribution is 5.42. The zero-order chi connectivity index (χ0) is 13.2. The standard InChI is InChI=1S/C13H15F3O2/c14-13(15,16)9-6-7-11(17)12(8-9)18-10-4-2-1-3-5-10/h6-8,10,17H,1-5H2. The minimum Gasteiger partial charge on any atom is -0.504 e. The van der Waals surface area contributed by atoms with E-state index in [0.29, 0.717) is 0 Å². The monoisotopic (exact) mass is 260 g/mol. The number of phenolic OH excluding ortho intramolecular Hbond substituents is 1. The lowest BCUT2D eigenvalue weighted by molar-refractivity contribution is -0.137. The van der Waals surface area contributed by atoms with Crippen molar-refractivity contribution >= 4 is 0 Å². The molecule has 1 N–H and O–H groups in total. The Balaban J connectivity index is 2.15.